The summed E-state index contributed by atoms with van der Waals surface area (Å²) in [4.78, 5) is 0. The molecule has 0 spiro atoms. The predicted octanol–water partition coefficient (Wildman–Crippen LogP) is 3.30. The summed E-state index contributed by atoms with van der Waals surface area (Å²) in [5.74, 6) is 0. The molecule has 0 aliphatic carbocycles. The van der Waals surface area contributed by atoms with Crippen LogP contribution in [0.1, 0.15) is 11.3 Å². The molecule has 0 amide bonds. The summed E-state index contributed by atoms with van der Waals surface area (Å²) < 4.78 is 2.07. The maximum Gasteiger partial charge on any atom is 0.0488 e. The molecule has 0 unspecified atom stereocenters. The Hall–Kier alpha value is -0.960. The van der Waals surface area contributed by atoms with Crippen molar-refractivity contribution >= 4 is 23.2 Å². The van der Waals surface area contributed by atoms with Gasteiger partial charge in [-0.1, -0.05) is 23.2 Å². The molecule has 2 rings (SSSR count). The van der Waals surface area contributed by atoms with Gasteiger partial charge >= 0.3 is 0 Å². The van der Waals surface area contributed by atoms with Gasteiger partial charge in [0.2, 0.25) is 0 Å². The highest BCUT2D eigenvalue weighted by Gasteiger charge is 2.04. The summed E-state index contributed by atoms with van der Waals surface area (Å²) in [6, 6.07) is 9.45. The third kappa shape index (κ3) is 2.40. The zero-order valence-electron chi connectivity index (χ0n) is 8.66. The Morgan fingerprint density at radius 1 is 1.19 bits per heavy atom. The van der Waals surface area contributed by atoms with Gasteiger partial charge < -0.3 is 10.3 Å². The van der Waals surface area contributed by atoms with E-state index in [1.807, 2.05) is 30.5 Å². The Kier molecular flexibility index (Phi) is 3.54. The predicted molar refractivity (Wildman–Crippen MR) is 67.9 cm³/mol. The topological polar surface area (TPSA) is 30.9 Å². The normalized spacial score (nSPS) is 10.7. The minimum Gasteiger partial charge on any atom is -0.346 e. The van der Waals surface area contributed by atoms with Crippen LogP contribution in [0.25, 0.3) is 0 Å². The molecule has 0 saturated heterocycles. The molecular weight excluding hydrogens is 243 g/mol. The van der Waals surface area contributed by atoms with E-state index in [0.29, 0.717) is 18.1 Å². The first kappa shape index (κ1) is 11.5. The number of hydrogen-bond donors (Lipinski definition) is 1. The summed E-state index contributed by atoms with van der Waals surface area (Å²) in [7, 11) is 0. The minimum atomic E-state index is 0.519. The van der Waals surface area contributed by atoms with E-state index in [4.69, 9.17) is 28.9 Å². The number of halogens is 2. The highest BCUT2D eigenvalue weighted by Crippen LogP contribution is 2.22. The highest BCUT2D eigenvalue weighted by molar-refractivity contribution is 6.33. The number of nitrogens with zero attached hydrogens (tertiary/aromatic N) is 1. The molecule has 16 heavy (non-hydrogen) atoms. The van der Waals surface area contributed by atoms with Crippen molar-refractivity contribution < 1.29 is 0 Å². The first-order chi connectivity index (χ1) is 7.70. The number of rotatable bonds is 3. The first-order valence-corrected chi connectivity index (χ1v) is 5.74. The van der Waals surface area contributed by atoms with Crippen molar-refractivity contribution in [2.24, 2.45) is 5.73 Å². The summed E-state index contributed by atoms with van der Waals surface area (Å²) in [6.07, 6.45) is 1.99. The van der Waals surface area contributed by atoms with Crippen molar-refractivity contribution in [3.05, 3.63) is 57.8 Å². The quantitative estimate of drug-likeness (QED) is 0.896. The second-order valence-corrected chi connectivity index (χ2v) is 4.41. The lowest BCUT2D eigenvalue weighted by atomic mass is 10.2. The van der Waals surface area contributed by atoms with Crippen LogP contribution in [-0.2, 0) is 13.1 Å². The molecule has 0 saturated carbocycles. The van der Waals surface area contributed by atoms with Gasteiger partial charge in [0, 0.05) is 35.0 Å². The molecule has 2 N–H and O–H groups in total. The van der Waals surface area contributed by atoms with Gasteiger partial charge in [-0.15, -0.1) is 0 Å². The van der Waals surface area contributed by atoms with Gasteiger partial charge in [0.05, 0.1) is 0 Å². The third-order valence-corrected chi connectivity index (χ3v) is 3.08. The van der Waals surface area contributed by atoms with Gasteiger partial charge in [-0.05, 0) is 35.9 Å². The standard InChI is InChI=1S/C12H12Cl2N2/c13-10-3-4-12(14)9(6-10)8-16-5-1-2-11(16)7-15/h1-6H,7-8,15H2. The van der Waals surface area contributed by atoms with Gasteiger partial charge in [0.25, 0.3) is 0 Å². The number of nitrogens with two attached hydrogens (primary N) is 1. The van der Waals surface area contributed by atoms with Crippen molar-refractivity contribution in [2.75, 3.05) is 0 Å². The Labute approximate surface area is 105 Å². The summed E-state index contributed by atoms with van der Waals surface area (Å²) >= 11 is 12.0. The monoisotopic (exact) mass is 254 g/mol. The molecule has 0 radical (unpaired) electrons. The SMILES string of the molecule is NCc1cccn1Cc1cc(Cl)ccc1Cl. The average Bonchev–Trinajstić information content (AvgIpc) is 2.71. The van der Waals surface area contributed by atoms with E-state index in [-0.39, 0.29) is 0 Å². The maximum absolute atomic E-state index is 6.11. The maximum atomic E-state index is 6.11. The van der Waals surface area contributed by atoms with Crippen LogP contribution in [-0.4, -0.2) is 4.57 Å². The van der Waals surface area contributed by atoms with Crippen molar-refractivity contribution in [3.63, 3.8) is 0 Å². The van der Waals surface area contributed by atoms with Crippen LogP contribution in [0.15, 0.2) is 36.5 Å². The van der Waals surface area contributed by atoms with Crippen molar-refractivity contribution in [3.8, 4) is 0 Å². The largest absolute Gasteiger partial charge is 0.346 e. The Morgan fingerprint density at radius 3 is 2.75 bits per heavy atom. The fraction of sp³-hybridized carbons (Fsp3) is 0.167. The van der Waals surface area contributed by atoms with Gasteiger partial charge in [0.1, 0.15) is 0 Å². The van der Waals surface area contributed by atoms with E-state index in [1.165, 1.54) is 0 Å². The summed E-state index contributed by atoms with van der Waals surface area (Å²) in [6.45, 7) is 1.21. The van der Waals surface area contributed by atoms with E-state index >= 15 is 0 Å². The third-order valence-electron chi connectivity index (χ3n) is 2.48. The zero-order chi connectivity index (χ0) is 11.5. The number of hydrogen-bond acceptors (Lipinski definition) is 1. The highest BCUT2D eigenvalue weighted by atomic mass is 35.5. The lowest BCUT2D eigenvalue weighted by Gasteiger charge is -2.09. The molecule has 2 nitrogen and oxygen atoms in total. The van der Waals surface area contributed by atoms with Crippen LogP contribution in [0.3, 0.4) is 0 Å². The van der Waals surface area contributed by atoms with Crippen LogP contribution < -0.4 is 5.73 Å². The fourth-order valence-electron chi connectivity index (χ4n) is 1.64. The Bertz CT molecular complexity index is 492. The van der Waals surface area contributed by atoms with Crippen LogP contribution in [0.5, 0.6) is 0 Å². The lowest BCUT2D eigenvalue weighted by Crippen LogP contribution is -2.07. The molecule has 0 aliphatic heterocycles. The Morgan fingerprint density at radius 2 is 2.00 bits per heavy atom. The van der Waals surface area contributed by atoms with Gasteiger partial charge in [-0.25, -0.2) is 0 Å². The molecule has 0 fully saturated rings. The molecule has 0 atom stereocenters. The molecule has 84 valence electrons. The Balaban J connectivity index is 2.30. The zero-order valence-corrected chi connectivity index (χ0v) is 10.2. The molecule has 1 aromatic heterocycles. The van der Waals surface area contributed by atoms with Gasteiger partial charge in [0.15, 0.2) is 0 Å². The average molecular weight is 255 g/mol. The van der Waals surface area contributed by atoms with Gasteiger partial charge in [-0.3, -0.25) is 0 Å². The van der Waals surface area contributed by atoms with E-state index in [2.05, 4.69) is 4.57 Å². The first-order valence-electron chi connectivity index (χ1n) is 4.98. The van der Waals surface area contributed by atoms with E-state index in [1.54, 1.807) is 6.07 Å². The number of aromatic nitrogens is 1. The molecule has 2 aromatic rings. The van der Waals surface area contributed by atoms with Crippen LogP contribution in [0, 0.1) is 0 Å². The van der Waals surface area contributed by atoms with Crippen LogP contribution in [0.2, 0.25) is 10.0 Å². The van der Waals surface area contributed by atoms with E-state index in [0.717, 1.165) is 16.3 Å². The summed E-state index contributed by atoms with van der Waals surface area (Å²) in [5.41, 5.74) is 7.72. The molecule has 4 heteroatoms. The fourth-order valence-corrected chi connectivity index (χ4v) is 2.01. The van der Waals surface area contributed by atoms with Crippen LogP contribution >= 0.6 is 23.2 Å². The molecule has 0 aliphatic rings. The molecule has 0 bridgehead atoms. The van der Waals surface area contributed by atoms with Crippen molar-refractivity contribution in [1.82, 2.24) is 4.57 Å². The van der Waals surface area contributed by atoms with E-state index < -0.39 is 0 Å². The smallest absolute Gasteiger partial charge is 0.0488 e. The van der Waals surface area contributed by atoms with Crippen molar-refractivity contribution in [2.45, 2.75) is 13.1 Å². The molecule has 1 heterocycles. The second kappa shape index (κ2) is 4.91. The second-order valence-electron chi connectivity index (χ2n) is 3.57. The minimum absolute atomic E-state index is 0.519. The molecular formula is C12H12Cl2N2. The van der Waals surface area contributed by atoms with E-state index in [9.17, 15) is 0 Å². The van der Waals surface area contributed by atoms with Crippen molar-refractivity contribution in [1.29, 1.82) is 0 Å². The summed E-state index contributed by atoms with van der Waals surface area (Å²) in [5, 5.41) is 1.42. The molecule has 1 aromatic carbocycles. The number of benzene rings is 1. The lowest BCUT2D eigenvalue weighted by molar-refractivity contribution is 0.744. The van der Waals surface area contributed by atoms with Gasteiger partial charge in [-0.2, -0.15) is 0 Å². The van der Waals surface area contributed by atoms with Crippen LogP contribution in [0.4, 0.5) is 0 Å².